The van der Waals surface area contributed by atoms with Crippen molar-refractivity contribution in [2.75, 3.05) is 38.2 Å². The Morgan fingerprint density at radius 2 is 1.13 bits per heavy atom. The molecule has 6 heteroatoms. The lowest BCUT2D eigenvalue weighted by molar-refractivity contribution is 0.0642. The topological polar surface area (TPSA) is 53.1 Å². The number of rotatable bonds is 7. The van der Waals surface area contributed by atoms with Crippen molar-refractivity contribution >= 4 is 17.5 Å². The Morgan fingerprint density at radius 1 is 0.615 bits per heavy atom. The van der Waals surface area contributed by atoms with Gasteiger partial charge in [-0.15, -0.1) is 0 Å². The number of para-hydroxylation sites is 2. The van der Waals surface area contributed by atoms with Gasteiger partial charge in [-0.05, 0) is 46.5 Å². The zero-order valence-electron chi connectivity index (χ0n) is 22.0. The summed E-state index contributed by atoms with van der Waals surface area (Å²) in [7, 11) is 1.73. The molecule has 0 spiro atoms. The summed E-state index contributed by atoms with van der Waals surface area (Å²) < 4.78 is 5.54. The molecule has 0 unspecified atom stereocenters. The van der Waals surface area contributed by atoms with Gasteiger partial charge in [0, 0.05) is 32.7 Å². The lowest BCUT2D eigenvalue weighted by Crippen LogP contribution is -2.46. The number of amides is 2. The number of fused-ring (bicyclic) bond motifs is 1. The van der Waals surface area contributed by atoms with Crippen LogP contribution in [0.2, 0.25) is 0 Å². The molecule has 4 aromatic carbocycles. The van der Waals surface area contributed by atoms with Crippen molar-refractivity contribution in [3.63, 3.8) is 0 Å². The number of benzene rings is 4. The Labute approximate surface area is 229 Å². The summed E-state index contributed by atoms with van der Waals surface area (Å²) in [5.41, 5.74) is 6.61. The molecule has 0 aromatic heterocycles. The molecule has 1 saturated heterocycles. The van der Waals surface area contributed by atoms with Crippen LogP contribution >= 0.6 is 0 Å². The second kappa shape index (κ2) is 10.8. The molecule has 2 aliphatic rings. The van der Waals surface area contributed by atoms with Crippen LogP contribution in [0.15, 0.2) is 97.1 Å². The minimum atomic E-state index is -0.225. The maximum absolute atomic E-state index is 12.7. The quantitative estimate of drug-likeness (QED) is 0.304. The summed E-state index contributed by atoms with van der Waals surface area (Å²) >= 11 is 0. The predicted molar refractivity (Wildman–Crippen MR) is 153 cm³/mol. The molecule has 0 radical (unpaired) electrons. The number of nitrogens with zero attached hydrogens (tertiary/aromatic N) is 3. The van der Waals surface area contributed by atoms with E-state index < -0.39 is 0 Å². The number of methoxy groups -OCH3 is 1. The van der Waals surface area contributed by atoms with Gasteiger partial charge in [-0.25, -0.2) is 0 Å². The molecule has 0 aliphatic carbocycles. The van der Waals surface area contributed by atoms with E-state index in [1.807, 2.05) is 24.3 Å². The number of imide groups is 1. The Kier molecular flexibility index (Phi) is 6.86. The summed E-state index contributed by atoms with van der Waals surface area (Å²) in [5.74, 6) is 0.478. The molecule has 2 heterocycles. The summed E-state index contributed by atoms with van der Waals surface area (Å²) in [5, 5.41) is 0. The standard InChI is InChI=1S/C33H31N3O3/c1-39-31-9-5-4-8-30(31)35-20-18-34(19-21-35)22-24-10-14-26(15-11-24)27-16-12-25(13-17-27)23-36-32(37)28-6-2-3-7-29(28)33(36)38/h2-17H,18-23H2,1H3. The van der Waals surface area contributed by atoms with E-state index in [1.165, 1.54) is 16.2 Å². The van der Waals surface area contributed by atoms with Crippen molar-refractivity contribution in [1.82, 2.24) is 9.80 Å². The minimum Gasteiger partial charge on any atom is -0.495 e. The van der Waals surface area contributed by atoms with E-state index in [0.29, 0.717) is 11.1 Å². The van der Waals surface area contributed by atoms with Gasteiger partial charge in [0.05, 0.1) is 30.5 Å². The van der Waals surface area contributed by atoms with E-state index in [0.717, 1.165) is 55.2 Å². The Morgan fingerprint density at radius 3 is 1.69 bits per heavy atom. The third-order valence-corrected chi connectivity index (χ3v) is 7.66. The molecule has 1 fully saturated rings. The number of piperazine rings is 1. The van der Waals surface area contributed by atoms with Crippen LogP contribution in [0.3, 0.4) is 0 Å². The molecule has 6 nitrogen and oxygen atoms in total. The van der Waals surface area contributed by atoms with Crippen LogP contribution in [0.1, 0.15) is 31.8 Å². The molecule has 2 aliphatic heterocycles. The van der Waals surface area contributed by atoms with Gasteiger partial charge >= 0.3 is 0 Å². The first kappa shape index (κ1) is 24.9. The van der Waals surface area contributed by atoms with Gasteiger partial charge in [-0.3, -0.25) is 19.4 Å². The van der Waals surface area contributed by atoms with Crippen LogP contribution in [-0.4, -0.2) is 54.9 Å². The molecule has 0 N–H and O–H groups in total. The normalized spacial score (nSPS) is 15.5. The highest BCUT2D eigenvalue weighted by atomic mass is 16.5. The fourth-order valence-corrected chi connectivity index (χ4v) is 5.47. The molecular weight excluding hydrogens is 486 g/mol. The molecule has 6 rings (SSSR count). The zero-order chi connectivity index (χ0) is 26.8. The van der Waals surface area contributed by atoms with E-state index in [4.69, 9.17) is 4.74 Å². The van der Waals surface area contributed by atoms with Gasteiger partial charge in [0.2, 0.25) is 0 Å². The highest BCUT2D eigenvalue weighted by molar-refractivity contribution is 6.21. The maximum atomic E-state index is 12.7. The van der Waals surface area contributed by atoms with Crippen LogP contribution < -0.4 is 9.64 Å². The molecular formula is C33H31N3O3. The third-order valence-electron chi connectivity index (χ3n) is 7.66. The molecule has 0 atom stereocenters. The minimum absolute atomic E-state index is 0.225. The van der Waals surface area contributed by atoms with Crippen molar-refractivity contribution in [2.24, 2.45) is 0 Å². The molecule has 2 amide bonds. The summed E-state index contributed by atoms with van der Waals surface area (Å²) in [6.07, 6.45) is 0. The second-order valence-electron chi connectivity index (χ2n) is 10.1. The monoisotopic (exact) mass is 517 g/mol. The van der Waals surface area contributed by atoms with Crippen LogP contribution in [-0.2, 0) is 13.1 Å². The van der Waals surface area contributed by atoms with Gasteiger partial charge in [0.25, 0.3) is 11.8 Å². The van der Waals surface area contributed by atoms with Gasteiger partial charge < -0.3 is 9.64 Å². The summed E-state index contributed by atoms with van der Waals surface area (Å²) in [6.45, 7) is 5.18. The van der Waals surface area contributed by atoms with Crippen molar-refractivity contribution in [3.05, 3.63) is 119 Å². The lowest BCUT2D eigenvalue weighted by Gasteiger charge is -2.36. The smallest absolute Gasteiger partial charge is 0.261 e. The lowest BCUT2D eigenvalue weighted by atomic mass is 10.0. The molecule has 39 heavy (non-hydrogen) atoms. The first-order chi connectivity index (χ1) is 19.1. The van der Waals surface area contributed by atoms with Gasteiger partial charge in [-0.2, -0.15) is 0 Å². The van der Waals surface area contributed by atoms with Gasteiger partial charge in [0.15, 0.2) is 0 Å². The van der Waals surface area contributed by atoms with Crippen molar-refractivity contribution in [3.8, 4) is 16.9 Å². The molecule has 4 aromatic rings. The van der Waals surface area contributed by atoms with Crippen LogP contribution in [0, 0.1) is 0 Å². The van der Waals surface area contributed by atoms with Crippen LogP contribution in [0.25, 0.3) is 11.1 Å². The van der Waals surface area contributed by atoms with Gasteiger partial charge in [0.1, 0.15) is 5.75 Å². The van der Waals surface area contributed by atoms with E-state index in [9.17, 15) is 9.59 Å². The average Bonchev–Trinajstić information content (AvgIpc) is 3.23. The van der Waals surface area contributed by atoms with E-state index >= 15 is 0 Å². The molecule has 0 bridgehead atoms. The zero-order valence-corrected chi connectivity index (χ0v) is 22.0. The number of ether oxygens (including phenoxy) is 1. The Bertz CT molecular complexity index is 1450. The highest BCUT2D eigenvalue weighted by Gasteiger charge is 2.34. The molecule has 196 valence electrons. The number of hydrogen-bond acceptors (Lipinski definition) is 5. The number of carbonyl (C=O) groups is 2. The fraction of sp³-hybridized carbons (Fsp3) is 0.212. The summed E-state index contributed by atoms with van der Waals surface area (Å²) in [6, 6.07) is 32.1. The van der Waals surface area contributed by atoms with E-state index in [-0.39, 0.29) is 18.4 Å². The fourth-order valence-electron chi connectivity index (χ4n) is 5.47. The largest absolute Gasteiger partial charge is 0.495 e. The highest BCUT2D eigenvalue weighted by Crippen LogP contribution is 2.29. The number of anilines is 1. The first-order valence-electron chi connectivity index (χ1n) is 13.3. The van der Waals surface area contributed by atoms with E-state index in [2.05, 4.69) is 58.3 Å². The van der Waals surface area contributed by atoms with Crippen LogP contribution in [0.4, 0.5) is 5.69 Å². The van der Waals surface area contributed by atoms with Crippen molar-refractivity contribution in [2.45, 2.75) is 13.1 Å². The van der Waals surface area contributed by atoms with Crippen molar-refractivity contribution in [1.29, 1.82) is 0 Å². The van der Waals surface area contributed by atoms with Gasteiger partial charge in [-0.1, -0.05) is 72.8 Å². The maximum Gasteiger partial charge on any atom is 0.261 e. The Balaban J connectivity index is 1.04. The van der Waals surface area contributed by atoms with E-state index in [1.54, 1.807) is 31.4 Å². The first-order valence-corrected chi connectivity index (χ1v) is 13.3. The van der Waals surface area contributed by atoms with Crippen LogP contribution in [0.5, 0.6) is 5.75 Å². The van der Waals surface area contributed by atoms with Crippen molar-refractivity contribution < 1.29 is 14.3 Å². The summed E-state index contributed by atoms with van der Waals surface area (Å²) in [4.78, 5) is 31.6. The number of carbonyl (C=O) groups excluding carboxylic acids is 2. The third kappa shape index (κ3) is 5.03. The SMILES string of the molecule is COc1ccccc1N1CCN(Cc2ccc(-c3ccc(CN4C(=O)c5ccccc5C4=O)cc3)cc2)CC1. The Hall–Kier alpha value is -4.42. The average molecular weight is 518 g/mol. The molecule has 0 saturated carbocycles. The second-order valence-corrected chi connectivity index (χ2v) is 10.1. The predicted octanol–water partition coefficient (Wildman–Crippen LogP) is 5.48. The number of hydrogen-bond donors (Lipinski definition) is 0.